The van der Waals surface area contributed by atoms with Gasteiger partial charge >= 0.3 is 5.97 Å². The van der Waals surface area contributed by atoms with E-state index >= 15 is 0 Å². The first-order valence-electron chi connectivity index (χ1n) is 6.14. The summed E-state index contributed by atoms with van der Waals surface area (Å²) >= 11 is 5.80. The molecule has 1 rings (SSSR count). The van der Waals surface area contributed by atoms with Crippen molar-refractivity contribution in [2.45, 2.75) is 26.8 Å². The van der Waals surface area contributed by atoms with E-state index in [1.54, 1.807) is 20.8 Å². The Labute approximate surface area is 121 Å². The summed E-state index contributed by atoms with van der Waals surface area (Å²) in [6.45, 7) is 5.14. The molecule has 0 aliphatic rings. The Hall–Kier alpha value is -1.69. The normalized spacial score (nSPS) is 10.5. The quantitative estimate of drug-likeness (QED) is 0.618. The summed E-state index contributed by atoms with van der Waals surface area (Å²) in [6.07, 6.45) is 0.921. The first-order valence-corrected chi connectivity index (χ1v) is 6.52. The largest absolute Gasteiger partial charge is 0.465 e. The molecule has 0 saturated carbocycles. The van der Waals surface area contributed by atoms with Crippen molar-refractivity contribution >= 4 is 23.5 Å². The van der Waals surface area contributed by atoms with Gasteiger partial charge in [-0.25, -0.2) is 9.37 Å². The Balaban J connectivity index is 2.99. The van der Waals surface area contributed by atoms with Crippen LogP contribution < -0.4 is 0 Å². The van der Waals surface area contributed by atoms with Crippen LogP contribution in [0.3, 0.4) is 0 Å². The molecule has 0 N–H and O–H groups in total. The lowest BCUT2D eigenvalue weighted by Gasteiger charge is -2.25. The minimum Gasteiger partial charge on any atom is -0.465 e. The van der Waals surface area contributed by atoms with Crippen LogP contribution in [0.25, 0.3) is 0 Å². The van der Waals surface area contributed by atoms with Gasteiger partial charge in [0.15, 0.2) is 0 Å². The van der Waals surface area contributed by atoms with E-state index in [4.69, 9.17) is 16.3 Å². The van der Waals surface area contributed by atoms with Crippen LogP contribution in [0.2, 0.25) is 5.15 Å². The number of carbonyl (C=O) groups excluding carboxylic acids is 2. The molecule has 1 amide bonds. The fourth-order valence-corrected chi connectivity index (χ4v) is 1.75. The summed E-state index contributed by atoms with van der Waals surface area (Å²) in [5, 5.41) is -0.106. The summed E-state index contributed by atoms with van der Waals surface area (Å²) in [5.41, 5.74) is -0.0790. The van der Waals surface area contributed by atoms with Crippen LogP contribution >= 0.6 is 11.6 Å². The highest BCUT2D eigenvalue weighted by molar-refractivity contribution is 6.32. The van der Waals surface area contributed by atoms with E-state index in [0.717, 1.165) is 12.3 Å². The third-order valence-electron chi connectivity index (χ3n) is 2.53. The number of carbonyl (C=O) groups is 2. The molecule has 0 radical (unpaired) electrons. The number of hydrogen-bond acceptors (Lipinski definition) is 4. The summed E-state index contributed by atoms with van der Waals surface area (Å²) in [7, 11) is 0. The van der Waals surface area contributed by atoms with Gasteiger partial charge in [0.1, 0.15) is 17.5 Å². The zero-order valence-corrected chi connectivity index (χ0v) is 12.3. The van der Waals surface area contributed by atoms with Gasteiger partial charge in [-0.3, -0.25) is 9.59 Å². The van der Waals surface area contributed by atoms with Gasteiger partial charge in [-0.1, -0.05) is 11.6 Å². The highest BCUT2D eigenvalue weighted by Gasteiger charge is 2.24. The SMILES string of the molecule is CCOC(=O)CN(C(=O)c1cc(F)cnc1Cl)C(C)C. The smallest absolute Gasteiger partial charge is 0.325 e. The predicted molar refractivity (Wildman–Crippen MR) is 72.0 cm³/mol. The molecular formula is C13H16ClFN2O3. The van der Waals surface area contributed by atoms with Crippen molar-refractivity contribution < 1.29 is 18.7 Å². The number of ether oxygens (including phenoxy) is 1. The van der Waals surface area contributed by atoms with Crippen LogP contribution in [0, 0.1) is 5.82 Å². The lowest BCUT2D eigenvalue weighted by Crippen LogP contribution is -2.41. The molecule has 0 aromatic carbocycles. The van der Waals surface area contributed by atoms with Crippen LogP contribution in [0.4, 0.5) is 4.39 Å². The van der Waals surface area contributed by atoms with Gasteiger partial charge in [0.05, 0.1) is 18.4 Å². The number of esters is 1. The van der Waals surface area contributed by atoms with Crippen molar-refractivity contribution in [3.63, 3.8) is 0 Å². The maximum atomic E-state index is 13.2. The minimum absolute atomic E-state index is 0.0790. The van der Waals surface area contributed by atoms with Crippen molar-refractivity contribution in [1.82, 2.24) is 9.88 Å². The molecule has 7 heteroatoms. The van der Waals surface area contributed by atoms with Crippen molar-refractivity contribution in [2.75, 3.05) is 13.2 Å². The van der Waals surface area contributed by atoms with E-state index in [0.29, 0.717) is 0 Å². The number of amides is 1. The van der Waals surface area contributed by atoms with Gasteiger partial charge in [0.2, 0.25) is 0 Å². The zero-order valence-electron chi connectivity index (χ0n) is 11.5. The maximum Gasteiger partial charge on any atom is 0.325 e. The lowest BCUT2D eigenvalue weighted by molar-refractivity contribution is -0.144. The van der Waals surface area contributed by atoms with E-state index in [1.807, 2.05) is 0 Å². The van der Waals surface area contributed by atoms with Gasteiger partial charge < -0.3 is 9.64 Å². The molecular weight excluding hydrogens is 287 g/mol. The number of rotatable bonds is 5. The first-order chi connectivity index (χ1) is 9.36. The van der Waals surface area contributed by atoms with Crippen LogP contribution in [0.5, 0.6) is 0 Å². The lowest BCUT2D eigenvalue weighted by atomic mass is 10.2. The Morgan fingerprint density at radius 3 is 2.70 bits per heavy atom. The van der Waals surface area contributed by atoms with Gasteiger partial charge in [-0.05, 0) is 26.8 Å². The Kier molecular flexibility index (Phi) is 5.88. The van der Waals surface area contributed by atoms with Crippen LogP contribution in [0.1, 0.15) is 31.1 Å². The molecule has 1 aromatic heterocycles. The zero-order chi connectivity index (χ0) is 15.3. The van der Waals surface area contributed by atoms with Gasteiger partial charge in [0.25, 0.3) is 5.91 Å². The topological polar surface area (TPSA) is 59.5 Å². The molecule has 0 fully saturated rings. The average molecular weight is 303 g/mol. The van der Waals surface area contributed by atoms with Gasteiger partial charge in [0, 0.05) is 6.04 Å². The minimum atomic E-state index is -0.669. The molecule has 110 valence electrons. The molecule has 0 aliphatic heterocycles. The van der Waals surface area contributed by atoms with Crippen molar-refractivity contribution in [3.8, 4) is 0 Å². The molecule has 0 saturated heterocycles. The fraction of sp³-hybridized carbons (Fsp3) is 0.462. The molecule has 0 bridgehead atoms. The molecule has 0 aliphatic carbocycles. The van der Waals surface area contributed by atoms with E-state index in [1.165, 1.54) is 4.90 Å². The second-order valence-corrected chi connectivity index (χ2v) is 4.68. The van der Waals surface area contributed by atoms with Crippen LogP contribution in [0.15, 0.2) is 12.3 Å². The molecule has 1 aromatic rings. The van der Waals surface area contributed by atoms with Crippen molar-refractivity contribution in [1.29, 1.82) is 0 Å². The summed E-state index contributed by atoms with van der Waals surface area (Å²) in [6, 6.07) is 0.726. The van der Waals surface area contributed by atoms with E-state index in [2.05, 4.69) is 4.98 Å². The highest BCUT2D eigenvalue weighted by atomic mass is 35.5. The highest BCUT2D eigenvalue weighted by Crippen LogP contribution is 2.17. The first kappa shape index (κ1) is 16.4. The van der Waals surface area contributed by atoms with E-state index < -0.39 is 17.7 Å². The average Bonchev–Trinajstić information content (AvgIpc) is 2.38. The number of halogens is 2. The maximum absolute atomic E-state index is 13.2. The summed E-state index contributed by atoms with van der Waals surface area (Å²) < 4.78 is 18.0. The third kappa shape index (κ3) is 4.16. The molecule has 0 unspecified atom stereocenters. The molecule has 20 heavy (non-hydrogen) atoms. The Morgan fingerprint density at radius 1 is 1.50 bits per heavy atom. The van der Waals surface area contributed by atoms with Crippen molar-refractivity contribution in [2.24, 2.45) is 0 Å². The van der Waals surface area contributed by atoms with E-state index in [9.17, 15) is 14.0 Å². The van der Waals surface area contributed by atoms with E-state index in [-0.39, 0.29) is 29.9 Å². The molecule has 1 heterocycles. The van der Waals surface area contributed by atoms with Crippen LogP contribution in [-0.4, -0.2) is 41.0 Å². The van der Waals surface area contributed by atoms with Gasteiger partial charge in [-0.2, -0.15) is 0 Å². The summed E-state index contributed by atoms with van der Waals surface area (Å²) in [5.74, 6) is -1.77. The number of nitrogens with zero attached hydrogens (tertiary/aromatic N) is 2. The molecule has 0 spiro atoms. The molecule has 5 nitrogen and oxygen atoms in total. The summed E-state index contributed by atoms with van der Waals surface area (Å²) in [4.78, 5) is 28.7. The number of pyridine rings is 1. The van der Waals surface area contributed by atoms with Crippen LogP contribution in [-0.2, 0) is 9.53 Å². The Morgan fingerprint density at radius 2 is 2.15 bits per heavy atom. The number of hydrogen-bond donors (Lipinski definition) is 0. The van der Waals surface area contributed by atoms with Gasteiger partial charge in [-0.15, -0.1) is 0 Å². The molecule has 0 atom stereocenters. The second kappa shape index (κ2) is 7.19. The predicted octanol–water partition coefficient (Wildman–Crippen LogP) is 2.29. The second-order valence-electron chi connectivity index (χ2n) is 4.32. The standard InChI is InChI=1S/C13H16ClFN2O3/c1-4-20-11(18)7-17(8(2)3)13(19)10-5-9(15)6-16-12(10)14/h5-6,8H,4,7H2,1-3H3. The fourth-order valence-electron chi connectivity index (χ4n) is 1.56. The Bertz CT molecular complexity index is 508. The number of aromatic nitrogens is 1. The third-order valence-corrected chi connectivity index (χ3v) is 2.83. The monoisotopic (exact) mass is 302 g/mol. The van der Waals surface area contributed by atoms with Crippen molar-refractivity contribution in [3.05, 3.63) is 28.8 Å².